The summed E-state index contributed by atoms with van der Waals surface area (Å²) in [5.74, 6) is -0.176. The molecule has 0 unspecified atom stereocenters. The van der Waals surface area contributed by atoms with E-state index in [-0.39, 0.29) is 22.9 Å². The van der Waals surface area contributed by atoms with Crippen molar-refractivity contribution in [3.63, 3.8) is 0 Å². The lowest BCUT2D eigenvalue weighted by molar-refractivity contribution is 0.102. The fraction of sp³-hybridized carbons (Fsp3) is 0.412. The number of nitrogens with zero attached hydrogens (tertiary/aromatic N) is 5. The van der Waals surface area contributed by atoms with Gasteiger partial charge in [-0.2, -0.15) is 10.2 Å². The zero-order chi connectivity index (χ0) is 20.5. The van der Waals surface area contributed by atoms with E-state index in [0.717, 1.165) is 0 Å². The second-order valence-electron chi connectivity index (χ2n) is 6.83. The molecule has 0 radical (unpaired) electrons. The molecule has 2 atom stereocenters. The van der Waals surface area contributed by atoms with Gasteiger partial charge in [0.05, 0.1) is 11.9 Å². The molecule has 0 aromatic carbocycles. The molecule has 3 aromatic rings. The van der Waals surface area contributed by atoms with Gasteiger partial charge < -0.3 is 16.0 Å². The molecule has 12 heteroatoms. The Morgan fingerprint density at radius 2 is 2.21 bits per heavy atom. The van der Waals surface area contributed by atoms with E-state index >= 15 is 0 Å². The van der Waals surface area contributed by atoms with E-state index in [1.54, 1.807) is 12.3 Å². The van der Waals surface area contributed by atoms with Crippen molar-refractivity contribution in [2.24, 2.45) is 7.05 Å². The first-order valence-electron chi connectivity index (χ1n) is 8.99. The number of carbonyl (C=O) groups is 1. The van der Waals surface area contributed by atoms with Gasteiger partial charge in [0.15, 0.2) is 11.3 Å². The fourth-order valence-corrected chi connectivity index (χ4v) is 3.27. The number of rotatable bonds is 5. The average molecular weight is 408 g/mol. The van der Waals surface area contributed by atoms with Crippen LogP contribution in [0.5, 0.6) is 0 Å². The molecule has 9 nitrogen and oxygen atoms in total. The maximum absolute atomic E-state index is 13.6. The van der Waals surface area contributed by atoms with Crippen LogP contribution in [0.2, 0.25) is 0 Å². The summed E-state index contributed by atoms with van der Waals surface area (Å²) in [6.07, 6.45) is 0.801. The Balaban J connectivity index is 1.56. The highest BCUT2D eigenvalue weighted by molar-refractivity contribution is 6.08. The summed E-state index contributed by atoms with van der Waals surface area (Å²) >= 11 is 0. The Labute approximate surface area is 163 Å². The molecule has 0 saturated carbocycles. The molecular weight excluding hydrogens is 389 g/mol. The van der Waals surface area contributed by atoms with Crippen LogP contribution in [0, 0.1) is 0 Å². The number of amides is 1. The van der Waals surface area contributed by atoms with Crippen LogP contribution in [0.3, 0.4) is 0 Å². The molecular formula is C17H19F3N8O. The molecule has 0 bridgehead atoms. The van der Waals surface area contributed by atoms with E-state index in [9.17, 15) is 18.0 Å². The number of piperidine rings is 1. The summed E-state index contributed by atoms with van der Waals surface area (Å²) in [6.45, 7) is 0.920. The summed E-state index contributed by atoms with van der Waals surface area (Å²) in [5.41, 5.74) is -0.236. The molecule has 1 aliphatic heterocycles. The molecule has 4 rings (SSSR count). The van der Waals surface area contributed by atoms with E-state index < -0.39 is 24.2 Å². The first-order valence-corrected chi connectivity index (χ1v) is 8.99. The lowest BCUT2D eigenvalue weighted by Gasteiger charge is -2.26. The van der Waals surface area contributed by atoms with Crippen LogP contribution in [-0.2, 0) is 7.05 Å². The topological polar surface area (TPSA) is 101 Å². The van der Waals surface area contributed by atoms with Crippen molar-refractivity contribution >= 4 is 23.1 Å². The number of aryl methyl sites for hydroxylation is 1. The molecule has 29 heavy (non-hydrogen) atoms. The molecule has 3 N–H and O–H groups in total. The summed E-state index contributed by atoms with van der Waals surface area (Å²) in [7, 11) is 1.48. The third-order valence-corrected chi connectivity index (χ3v) is 4.57. The molecule has 1 fully saturated rings. The summed E-state index contributed by atoms with van der Waals surface area (Å²) in [5, 5.41) is 16.3. The van der Waals surface area contributed by atoms with Gasteiger partial charge in [0.2, 0.25) is 0 Å². The van der Waals surface area contributed by atoms with Crippen LogP contribution in [0.25, 0.3) is 5.65 Å². The Morgan fingerprint density at radius 3 is 2.97 bits per heavy atom. The zero-order valence-electron chi connectivity index (χ0n) is 15.4. The van der Waals surface area contributed by atoms with Crippen LogP contribution >= 0.6 is 0 Å². The predicted octanol–water partition coefficient (Wildman–Crippen LogP) is 1.76. The second kappa shape index (κ2) is 7.70. The van der Waals surface area contributed by atoms with E-state index in [1.165, 1.54) is 28.6 Å². The van der Waals surface area contributed by atoms with Crippen molar-refractivity contribution < 1.29 is 18.0 Å². The predicted molar refractivity (Wildman–Crippen MR) is 98.9 cm³/mol. The smallest absolute Gasteiger partial charge is 0.284 e. The minimum atomic E-state index is -2.83. The molecule has 0 spiro atoms. The number of halogens is 3. The van der Waals surface area contributed by atoms with Crippen molar-refractivity contribution in [3.8, 4) is 0 Å². The Kier molecular flexibility index (Phi) is 5.09. The van der Waals surface area contributed by atoms with Gasteiger partial charge in [-0.3, -0.25) is 9.48 Å². The highest BCUT2D eigenvalue weighted by Gasteiger charge is 2.23. The number of hydrogen-bond donors (Lipinski definition) is 3. The standard InChI is InChI=1S/C17H19F3N8O/c1-27-8-12(14(26-27)15(19)20)24-17(29)11-7-22-28-3-2-13(25-16(11)28)23-10-4-9(18)5-21-6-10/h2-3,7-10,15,21H,4-6H2,1H3,(H,23,25)(H,24,29)/t9-,10+/m0/s1. The average Bonchev–Trinajstić information content (AvgIpc) is 3.24. The molecule has 4 heterocycles. The maximum Gasteiger partial charge on any atom is 0.284 e. The number of fused-ring (bicyclic) bond motifs is 1. The Hall–Kier alpha value is -3.15. The molecule has 1 saturated heterocycles. The van der Waals surface area contributed by atoms with Crippen molar-refractivity contribution in [3.05, 3.63) is 35.9 Å². The molecule has 1 amide bonds. The summed E-state index contributed by atoms with van der Waals surface area (Å²) in [4.78, 5) is 17.0. The van der Waals surface area contributed by atoms with E-state index in [0.29, 0.717) is 25.3 Å². The number of hydrogen-bond acceptors (Lipinski definition) is 6. The van der Waals surface area contributed by atoms with Gasteiger partial charge in [0.1, 0.15) is 17.6 Å². The normalized spacial score (nSPS) is 19.6. The monoisotopic (exact) mass is 408 g/mol. The molecule has 154 valence electrons. The highest BCUT2D eigenvalue weighted by atomic mass is 19.3. The van der Waals surface area contributed by atoms with Gasteiger partial charge in [-0.05, 0) is 6.07 Å². The maximum atomic E-state index is 13.6. The van der Waals surface area contributed by atoms with Gasteiger partial charge in [0.25, 0.3) is 12.3 Å². The molecule has 3 aromatic heterocycles. The van der Waals surface area contributed by atoms with Gasteiger partial charge in [-0.15, -0.1) is 0 Å². The van der Waals surface area contributed by atoms with Gasteiger partial charge in [-0.25, -0.2) is 22.7 Å². The van der Waals surface area contributed by atoms with Crippen molar-refractivity contribution in [2.75, 3.05) is 23.7 Å². The number of aromatic nitrogens is 5. The van der Waals surface area contributed by atoms with Crippen LogP contribution < -0.4 is 16.0 Å². The van der Waals surface area contributed by atoms with Crippen LogP contribution in [0.15, 0.2) is 24.7 Å². The van der Waals surface area contributed by atoms with E-state index in [1.807, 2.05) is 0 Å². The quantitative estimate of drug-likeness (QED) is 0.595. The van der Waals surface area contributed by atoms with Crippen LogP contribution in [0.1, 0.15) is 28.9 Å². The number of alkyl halides is 3. The van der Waals surface area contributed by atoms with Gasteiger partial charge in [-0.1, -0.05) is 0 Å². The van der Waals surface area contributed by atoms with E-state index in [4.69, 9.17) is 0 Å². The van der Waals surface area contributed by atoms with Gasteiger partial charge >= 0.3 is 0 Å². The first-order chi connectivity index (χ1) is 13.9. The molecule has 1 aliphatic rings. The zero-order valence-corrected chi connectivity index (χ0v) is 15.4. The SMILES string of the molecule is Cn1cc(NC(=O)c2cnn3ccc(N[C@H]4CNC[C@@H](F)C4)nc23)c(C(F)F)n1. The Morgan fingerprint density at radius 1 is 1.38 bits per heavy atom. The second-order valence-corrected chi connectivity index (χ2v) is 6.83. The van der Waals surface area contributed by atoms with E-state index in [2.05, 4.69) is 31.1 Å². The number of nitrogens with one attached hydrogen (secondary N) is 3. The lowest BCUT2D eigenvalue weighted by Crippen LogP contribution is -2.44. The largest absolute Gasteiger partial charge is 0.366 e. The first kappa shape index (κ1) is 19.2. The van der Waals surface area contributed by atoms with Gasteiger partial charge in [0, 0.05) is 45.0 Å². The van der Waals surface area contributed by atoms with Crippen LogP contribution in [-0.4, -0.2) is 55.6 Å². The van der Waals surface area contributed by atoms with Crippen molar-refractivity contribution in [2.45, 2.75) is 25.1 Å². The fourth-order valence-electron chi connectivity index (χ4n) is 3.27. The minimum Gasteiger partial charge on any atom is -0.366 e. The van der Waals surface area contributed by atoms with Crippen molar-refractivity contribution in [1.82, 2.24) is 29.7 Å². The third kappa shape index (κ3) is 4.01. The number of anilines is 2. The highest BCUT2D eigenvalue weighted by Crippen LogP contribution is 2.26. The summed E-state index contributed by atoms with van der Waals surface area (Å²) < 4.78 is 42.3. The minimum absolute atomic E-state index is 0.0802. The van der Waals surface area contributed by atoms with Crippen LogP contribution in [0.4, 0.5) is 24.7 Å². The van der Waals surface area contributed by atoms with Crippen molar-refractivity contribution in [1.29, 1.82) is 0 Å². The summed E-state index contributed by atoms with van der Waals surface area (Å²) in [6, 6.07) is 1.53. The molecule has 0 aliphatic carbocycles. The number of carbonyl (C=O) groups excluding carboxylic acids is 1. The third-order valence-electron chi connectivity index (χ3n) is 4.57. The Bertz CT molecular complexity index is 1030. The lowest BCUT2D eigenvalue weighted by atomic mass is 10.1.